The van der Waals surface area contributed by atoms with Gasteiger partial charge < -0.3 is 19.3 Å². The van der Waals surface area contributed by atoms with E-state index in [1.807, 2.05) is 47.1 Å². The summed E-state index contributed by atoms with van der Waals surface area (Å²) in [5.74, 6) is 1.82. The fraction of sp³-hybridized carbons (Fsp3) is 0.417. The van der Waals surface area contributed by atoms with Crippen molar-refractivity contribution in [3.8, 4) is 11.5 Å². The van der Waals surface area contributed by atoms with Gasteiger partial charge in [-0.1, -0.05) is 13.0 Å². The molecule has 1 fully saturated rings. The smallest absolute Gasteiger partial charge is 0.253 e. The molecule has 0 aromatic heterocycles. The van der Waals surface area contributed by atoms with Gasteiger partial charge in [-0.05, 0) is 47.9 Å². The Morgan fingerprint density at radius 2 is 1.74 bits per heavy atom. The highest BCUT2D eigenvalue weighted by molar-refractivity contribution is 5.98. The molecular weight excluding hydrogens is 394 g/mol. The number of hydrogen-bond donors (Lipinski definition) is 0. The van der Waals surface area contributed by atoms with Crippen LogP contribution in [0.15, 0.2) is 36.4 Å². The topological polar surface area (TPSA) is 62.3 Å². The number of rotatable bonds is 4. The molecule has 0 spiro atoms. The minimum atomic E-state index is 0.0748. The minimum Gasteiger partial charge on any atom is -0.454 e. The van der Waals surface area contributed by atoms with Crippen molar-refractivity contribution in [1.82, 2.24) is 9.80 Å². The highest BCUT2D eigenvalue weighted by Crippen LogP contribution is 2.33. The van der Waals surface area contributed by atoms with Crippen molar-refractivity contribution >= 4 is 17.5 Å². The van der Waals surface area contributed by atoms with Crippen molar-refractivity contribution in [2.24, 2.45) is 0 Å². The molecule has 0 unspecified atom stereocenters. The Labute approximate surface area is 182 Å². The summed E-state index contributed by atoms with van der Waals surface area (Å²) >= 11 is 0. The third-order valence-corrected chi connectivity index (χ3v) is 6.33. The van der Waals surface area contributed by atoms with Crippen molar-refractivity contribution < 1.29 is 19.1 Å². The second-order valence-electron chi connectivity index (χ2n) is 8.25. The molecule has 0 saturated carbocycles. The highest BCUT2D eigenvalue weighted by atomic mass is 16.7. The standard InChI is InChI=1S/C24H27N3O4/c1-2-23(28)27-8-7-18-14-19(4-5-20(18)27)24(29)26-11-9-25(10-12-26)15-17-3-6-21-22(13-17)31-16-30-21/h3-6,13-14H,2,7-12,15-16H2,1H3. The predicted octanol–water partition coefficient (Wildman–Crippen LogP) is 2.67. The van der Waals surface area contributed by atoms with E-state index in [-0.39, 0.29) is 18.6 Å². The maximum atomic E-state index is 13.1. The van der Waals surface area contributed by atoms with E-state index in [4.69, 9.17) is 9.47 Å². The van der Waals surface area contributed by atoms with Crippen LogP contribution < -0.4 is 14.4 Å². The molecule has 0 radical (unpaired) electrons. The lowest BCUT2D eigenvalue weighted by Gasteiger charge is -2.35. The van der Waals surface area contributed by atoms with Crippen molar-refractivity contribution in [2.45, 2.75) is 26.3 Å². The first-order valence-corrected chi connectivity index (χ1v) is 11.0. The first-order valence-electron chi connectivity index (χ1n) is 11.0. The molecule has 5 rings (SSSR count). The van der Waals surface area contributed by atoms with Crippen LogP contribution in [0.5, 0.6) is 11.5 Å². The molecule has 2 aromatic carbocycles. The first kappa shape index (κ1) is 19.9. The molecule has 3 aliphatic heterocycles. The zero-order chi connectivity index (χ0) is 21.4. The van der Waals surface area contributed by atoms with Gasteiger partial charge in [-0.2, -0.15) is 0 Å². The number of carbonyl (C=O) groups is 2. The molecule has 3 heterocycles. The quantitative estimate of drug-likeness (QED) is 0.760. The summed E-state index contributed by atoms with van der Waals surface area (Å²) in [5, 5.41) is 0. The van der Waals surface area contributed by atoms with Crippen molar-refractivity contribution in [3.63, 3.8) is 0 Å². The maximum absolute atomic E-state index is 13.1. The molecule has 1 saturated heterocycles. The average molecular weight is 421 g/mol. The molecule has 0 bridgehead atoms. The molecular formula is C24H27N3O4. The van der Waals surface area contributed by atoms with E-state index in [2.05, 4.69) is 11.0 Å². The second-order valence-corrected chi connectivity index (χ2v) is 8.25. The molecule has 2 aromatic rings. The van der Waals surface area contributed by atoms with Gasteiger partial charge in [0, 0.05) is 56.9 Å². The molecule has 3 aliphatic rings. The number of nitrogens with zero attached hydrogens (tertiary/aromatic N) is 3. The zero-order valence-electron chi connectivity index (χ0n) is 17.8. The molecule has 7 heteroatoms. The Morgan fingerprint density at radius 3 is 2.55 bits per heavy atom. The van der Waals surface area contributed by atoms with Gasteiger partial charge in [0.15, 0.2) is 11.5 Å². The van der Waals surface area contributed by atoms with Crippen LogP contribution in [0.3, 0.4) is 0 Å². The zero-order valence-corrected chi connectivity index (χ0v) is 17.8. The fourth-order valence-corrected chi connectivity index (χ4v) is 4.57. The third-order valence-electron chi connectivity index (χ3n) is 6.33. The fourth-order valence-electron chi connectivity index (χ4n) is 4.57. The summed E-state index contributed by atoms with van der Waals surface area (Å²) in [6.07, 6.45) is 1.31. The molecule has 0 atom stereocenters. The van der Waals surface area contributed by atoms with E-state index in [0.717, 1.165) is 48.8 Å². The largest absolute Gasteiger partial charge is 0.454 e. The summed E-state index contributed by atoms with van der Waals surface area (Å²) in [6.45, 7) is 6.80. The molecule has 31 heavy (non-hydrogen) atoms. The van der Waals surface area contributed by atoms with Gasteiger partial charge in [0.2, 0.25) is 12.7 Å². The Balaban J connectivity index is 1.19. The molecule has 2 amide bonds. The maximum Gasteiger partial charge on any atom is 0.253 e. The van der Waals surface area contributed by atoms with Gasteiger partial charge in [0.05, 0.1) is 0 Å². The molecule has 0 aliphatic carbocycles. The van der Waals surface area contributed by atoms with E-state index in [9.17, 15) is 9.59 Å². The van der Waals surface area contributed by atoms with E-state index < -0.39 is 0 Å². The van der Waals surface area contributed by atoms with Crippen molar-refractivity contribution in [2.75, 3.05) is 44.4 Å². The summed E-state index contributed by atoms with van der Waals surface area (Å²) in [7, 11) is 0. The van der Waals surface area contributed by atoms with Gasteiger partial charge in [0.1, 0.15) is 0 Å². The number of benzene rings is 2. The first-order chi connectivity index (χ1) is 15.1. The number of carbonyl (C=O) groups excluding carboxylic acids is 2. The number of hydrogen-bond acceptors (Lipinski definition) is 5. The van der Waals surface area contributed by atoms with Gasteiger partial charge >= 0.3 is 0 Å². The van der Waals surface area contributed by atoms with Gasteiger partial charge in [-0.25, -0.2) is 0 Å². The van der Waals surface area contributed by atoms with Crippen LogP contribution in [0.2, 0.25) is 0 Å². The lowest BCUT2D eigenvalue weighted by atomic mass is 10.1. The van der Waals surface area contributed by atoms with Gasteiger partial charge in [-0.3, -0.25) is 14.5 Å². The summed E-state index contributed by atoms with van der Waals surface area (Å²) < 4.78 is 10.8. The highest BCUT2D eigenvalue weighted by Gasteiger charge is 2.27. The SMILES string of the molecule is CCC(=O)N1CCc2cc(C(=O)N3CCN(Cc4ccc5c(c4)OCO5)CC3)ccc21. The van der Waals surface area contributed by atoms with Crippen LogP contribution in [-0.2, 0) is 17.8 Å². The summed E-state index contributed by atoms with van der Waals surface area (Å²) in [4.78, 5) is 31.3. The van der Waals surface area contributed by atoms with E-state index in [1.165, 1.54) is 5.56 Å². The average Bonchev–Trinajstić information content (AvgIpc) is 3.44. The Hall–Kier alpha value is -3.06. The van der Waals surface area contributed by atoms with Crippen molar-refractivity contribution in [3.05, 3.63) is 53.1 Å². The lowest BCUT2D eigenvalue weighted by Crippen LogP contribution is -2.48. The van der Waals surface area contributed by atoms with Crippen LogP contribution in [-0.4, -0.2) is 61.1 Å². The Morgan fingerprint density at radius 1 is 0.935 bits per heavy atom. The number of piperazine rings is 1. The van der Waals surface area contributed by atoms with Crippen LogP contribution in [0.4, 0.5) is 5.69 Å². The van der Waals surface area contributed by atoms with E-state index in [0.29, 0.717) is 31.6 Å². The predicted molar refractivity (Wildman–Crippen MR) is 117 cm³/mol. The number of fused-ring (bicyclic) bond motifs is 2. The molecule has 7 nitrogen and oxygen atoms in total. The number of anilines is 1. The lowest BCUT2D eigenvalue weighted by molar-refractivity contribution is -0.118. The van der Waals surface area contributed by atoms with Crippen LogP contribution in [0, 0.1) is 0 Å². The van der Waals surface area contributed by atoms with Crippen LogP contribution in [0.25, 0.3) is 0 Å². The normalized spacial score (nSPS) is 17.7. The second kappa shape index (κ2) is 8.23. The number of amides is 2. The van der Waals surface area contributed by atoms with Gasteiger partial charge in [0.25, 0.3) is 5.91 Å². The molecule has 162 valence electrons. The molecule has 0 N–H and O–H groups in total. The Kier molecular flexibility index (Phi) is 5.28. The van der Waals surface area contributed by atoms with E-state index >= 15 is 0 Å². The minimum absolute atomic E-state index is 0.0748. The summed E-state index contributed by atoms with van der Waals surface area (Å²) in [6, 6.07) is 11.8. The van der Waals surface area contributed by atoms with Crippen LogP contribution in [0.1, 0.15) is 34.8 Å². The third kappa shape index (κ3) is 3.85. The summed E-state index contributed by atoms with van der Waals surface area (Å²) in [5.41, 5.74) is 3.95. The van der Waals surface area contributed by atoms with Gasteiger partial charge in [-0.15, -0.1) is 0 Å². The van der Waals surface area contributed by atoms with E-state index in [1.54, 1.807) is 0 Å². The Bertz CT molecular complexity index is 1010. The van der Waals surface area contributed by atoms with Crippen LogP contribution >= 0.6 is 0 Å². The van der Waals surface area contributed by atoms with Crippen molar-refractivity contribution in [1.29, 1.82) is 0 Å². The number of ether oxygens (including phenoxy) is 2. The monoisotopic (exact) mass is 421 g/mol.